The Hall–Kier alpha value is -2.11. The van der Waals surface area contributed by atoms with Crippen LogP contribution in [0.15, 0.2) is 18.3 Å². The van der Waals surface area contributed by atoms with Crippen molar-refractivity contribution in [2.45, 2.75) is 25.7 Å². The summed E-state index contributed by atoms with van der Waals surface area (Å²) in [5.74, 6) is -0.599. The van der Waals surface area contributed by atoms with Crippen LogP contribution in [0.3, 0.4) is 0 Å². The predicted molar refractivity (Wildman–Crippen MR) is 74.8 cm³/mol. The Morgan fingerprint density at radius 1 is 1.45 bits per heavy atom. The Kier molecular flexibility index (Phi) is 4.55. The maximum Gasteiger partial charge on any atom is 0.356 e. The maximum absolute atomic E-state index is 12.1. The van der Waals surface area contributed by atoms with Gasteiger partial charge in [-0.05, 0) is 30.9 Å². The van der Waals surface area contributed by atoms with Gasteiger partial charge in [-0.2, -0.15) is 0 Å². The molecule has 1 fully saturated rings. The van der Waals surface area contributed by atoms with Crippen LogP contribution in [0.4, 0.5) is 10.5 Å². The summed E-state index contributed by atoms with van der Waals surface area (Å²) in [6.45, 7) is 0.703. The van der Waals surface area contributed by atoms with Crippen LogP contribution in [0.1, 0.15) is 36.2 Å². The average molecular weight is 277 g/mol. The van der Waals surface area contributed by atoms with Crippen molar-refractivity contribution in [3.05, 3.63) is 24.0 Å². The van der Waals surface area contributed by atoms with E-state index in [2.05, 4.69) is 10.3 Å². The van der Waals surface area contributed by atoms with Crippen LogP contribution in [-0.4, -0.2) is 40.6 Å². The third-order valence-electron chi connectivity index (χ3n) is 3.61. The molecule has 0 unspecified atom stereocenters. The molecule has 6 heteroatoms. The van der Waals surface area contributed by atoms with E-state index in [1.165, 1.54) is 25.1 Å². The number of carbonyl (C=O) groups is 2. The average Bonchev–Trinajstić information content (AvgIpc) is 2.91. The van der Waals surface area contributed by atoms with E-state index in [0.29, 0.717) is 12.5 Å². The fourth-order valence-electron chi connectivity index (χ4n) is 2.55. The molecule has 1 saturated carbocycles. The number of rotatable bonds is 4. The molecule has 0 aliphatic heterocycles. The normalized spacial score (nSPS) is 15.1. The van der Waals surface area contributed by atoms with Crippen molar-refractivity contribution in [2.75, 3.05) is 18.9 Å². The topological polar surface area (TPSA) is 82.5 Å². The number of hydrogen-bond acceptors (Lipinski definition) is 3. The molecule has 1 aromatic heterocycles. The molecule has 2 rings (SSSR count). The van der Waals surface area contributed by atoms with Gasteiger partial charge in [-0.15, -0.1) is 0 Å². The van der Waals surface area contributed by atoms with Crippen LogP contribution in [0.5, 0.6) is 0 Å². The first-order chi connectivity index (χ1) is 9.58. The van der Waals surface area contributed by atoms with Crippen molar-refractivity contribution < 1.29 is 14.7 Å². The highest BCUT2D eigenvalue weighted by Crippen LogP contribution is 2.25. The van der Waals surface area contributed by atoms with Crippen molar-refractivity contribution in [3.8, 4) is 0 Å². The molecule has 1 aliphatic carbocycles. The number of pyridine rings is 1. The monoisotopic (exact) mass is 277 g/mol. The number of anilines is 1. The van der Waals surface area contributed by atoms with E-state index in [9.17, 15) is 9.59 Å². The van der Waals surface area contributed by atoms with Gasteiger partial charge in [0.15, 0.2) is 5.69 Å². The summed E-state index contributed by atoms with van der Waals surface area (Å²) in [4.78, 5) is 28.5. The molecule has 0 spiro atoms. The van der Waals surface area contributed by atoms with Gasteiger partial charge >= 0.3 is 12.0 Å². The van der Waals surface area contributed by atoms with E-state index in [1.807, 2.05) is 0 Å². The number of nitrogens with one attached hydrogen (secondary N) is 1. The van der Waals surface area contributed by atoms with Gasteiger partial charge < -0.3 is 15.3 Å². The Bertz CT molecular complexity index is 498. The second kappa shape index (κ2) is 6.36. The number of hydrogen-bond donors (Lipinski definition) is 2. The highest BCUT2D eigenvalue weighted by molar-refractivity contribution is 5.98. The summed E-state index contributed by atoms with van der Waals surface area (Å²) in [5.41, 5.74) is 0.0818. The van der Waals surface area contributed by atoms with Gasteiger partial charge in [0.05, 0.1) is 5.69 Å². The Morgan fingerprint density at radius 2 is 2.15 bits per heavy atom. The molecule has 1 aromatic rings. The summed E-state index contributed by atoms with van der Waals surface area (Å²) in [7, 11) is 1.73. The summed E-state index contributed by atoms with van der Waals surface area (Å²) in [6.07, 6.45) is 6.16. The zero-order chi connectivity index (χ0) is 14.5. The van der Waals surface area contributed by atoms with Crippen LogP contribution in [0.25, 0.3) is 0 Å². The van der Waals surface area contributed by atoms with E-state index >= 15 is 0 Å². The standard InChI is InChI=1S/C14H19N3O3/c1-17(9-10-5-2-3-6-10)14(20)16-11-7-4-8-15-12(11)13(18)19/h4,7-8,10H,2-3,5-6,9H2,1H3,(H,16,20)(H,18,19). The number of carbonyl (C=O) groups excluding carboxylic acids is 1. The van der Waals surface area contributed by atoms with E-state index in [1.54, 1.807) is 18.0 Å². The van der Waals surface area contributed by atoms with Crippen LogP contribution in [-0.2, 0) is 0 Å². The maximum atomic E-state index is 12.1. The minimum Gasteiger partial charge on any atom is -0.476 e. The van der Waals surface area contributed by atoms with E-state index in [0.717, 1.165) is 12.8 Å². The molecule has 0 atom stereocenters. The first kappa shape index (κ1) is 14.3. The number of urea groups is 1. The number of amides is 2. The van der Waals surface area contributed by atoms with Crippen molar-refractivity contribution >= 4 is 17.7 Å². The number of nitrogens with zero attached hydrogens (tertiary/aromatic N) is 2. The van der Waals surface area contributed by atoms with Gasteiger partial charge in [-0.25, -0.2) is 14.6 Å². The van der Waals surface area contributed by atoms with Crippen molar-refractivity contribution in [1.29, 1.82) is 0 Å². The van der Waals surface area contributed by atoms with Crippen molar-refractivity contribution in [3.63, 3.8) is 0 Å². The molecule has 0 aromatic carbocycles. The lowest BCUT2D eigenvalue weighted by atomic mass is 10.1. The number of aromatic carboxylic acids is 1. The highest BCUT2D eigenvalue weighted by Gasteiger charge is 2.20. The van der Waals surface area contributed by atoms with E-state index in [4.69, 9.17) is 5.11 Å². The second-order valence-corrected chi connectivity index (χ2v) is 5.17. The molecule has 108 valence electrons. The summed E-state index contributed by atoms with van der Waals surface area (Å²) < 4.78 is 0. The lowest BCUT2D eigenvalue weighted by Crippen LogP contribution is -2.35. The molecule has 1 aliphatic rings. The van der Waals surface area contributed by atoms with Crippen LogP contribution >= 0.6 is 0 Å². The minimum atomic E-state index is -1.15. The lowest BCUT2D eigenvalue weighted by Gasteiger charge is -2.21. The molecule has 2 amide bonds. The van der Waals surface area contributed by atoms with Gasteiger partial charge in [0.1, 0.15) is 0 Å². The van der Waals surface area contributed by atoms with Gasteiger partial charge in [0, 0.05) is 19.8 Å². The molecule has 20 heavy (non-hydrogen) atoms. The molecule has 0 saturated heterocycles. The Balaban J connectivity index is 1.98. The zero-order valence-corrected chi connectivity index (χ0v) is 11.5. The fraction of sp³-hybridized carbons (Fsp3) is 0.500. The SMILES string of the molecule is CN(CC1CCCC1)C(=O)Nc1cccnc1C(=O)O. The first-order valence-corrected chi connectivity index (χ1v) is 6.78. The molecule has 0 bridgehead atoms. The van der Waals surface area contributed by atoms with Gasteiger partial charge in [0.25, 0.3) is 0 Å². The highest BCUT2D eigenvalue weighted by atomic mass is 16.4. The smallest absolute Gasteiger partial charge is 0.356 e. The van der Waals surface area contributed by atoms with Gasteiger partial charge in [-0.3, -0.25) is 0 Å². The molecule has 6 nitrogen and oxygen atoms in total. The fourth-order valence-corrected chi connectivity index (χ4v) is 2.55. The molecule has 1 heterocycles. The van der Waals surface area contributed by atoms with E-state index < -0.39 is 5.97 Å². The zero-order valence-electron chi connectivity index (χ0n) is 11.5. The summed E-state index contributed by atoms with van der Waals surface area (Å²) in [6, 6.07) is 2.84. The molecule has 2 N–H and O–H groups in total. The number of carboxylic acids is 1. The summed E-state index contributed by atoms with van der Waals surface area (Å²) >= 11 is 0. The van der Waals surface area contributed by atoms with Crippen LogP contribution < -0.4 is 5.32 Å². The minimum absolute atomic E-state index is 0.143. The quantitative estimate of drug-likeness (QED) is 0.885. The predicted octanol–water partition coefficient (Wildman–Crippen LogP) is 2.43. The van der Waals surface area contributed by atoms with Crippen LogP contribution in [0.2, 0.25) is 0 Å². The lowest BCUT2D eigenvalue weighted by molar-refractivity contribution is 0.0691. The van der Waals surface area contributed by atoms with Gasteiger partial charge in [0.2, 0.25) is 0 Å². The third-order valence-corrected chi connectivity index (χ3v) is 3.61. The summed E-state index contributed by atoms with van der Waals surface area (Å²) in [5, 5.41) is 11.6. The molecular weight excluding hydrogens is 258 g/mol. The Morgan fingerprint density at radius 3 is 2.80 bits per heavy atom. The Labute approximate surface area is 117 Å². The number of carboxylic acid groups (broad SMARTS) is 1. The van der Waals surface area contributed by atoms with Crippen molar-refractivity contribution in [2.24, 2.45) is 5.92 Å². The van der Waals surface area contributed by atoms with Crippen LogP contribution in [0, 0.1) is 5.92 Å². The second-order valence-electron chi connectivity index (χ2n) is 5.17. The first-order valence-electron chi connectivity index (χ1n) is 6.78. The number of aromatic nitrogens is 1. The van der Waals surface area contributed by atoms with Crippen molar-refractivity contribution in [1.82, 2.24) is 9.88 Å². The third kappa shape index (κ3) is 3.46. The largest absolute Gasteiger partial charge is 0.476 e. The molecule has 0 radical (unpaired) electrons. The van der Waals surface area contributed by atoms with E-state index in [-0.39, 0.29) is 17.4 Å². The van der Waals surface area contributed by atoms with Gasteiger partial charge in [-0.1, -0.05) is 12.8 Å². The molecular formula is C14H19N3O3.